The SMILES string of the molecule is OC[C@@H](NCC1CCCCCC1)c1ccccc1. The number of nitrogens with one attached hydrogen (secondary N) is 1. The Balaban J connectivity index is 1.83. The average Bonchev–Trinajstić information content (AvgIpc) is 2.69. The Hall–Kier alpha value is -0.860. The number of rotatable bonds is 5. The van der Waals surface area contributed by atoms with Crippen molar-refractivity contribution in [3.05, 3.63) is 35.9 Å². The molecule has 1 aromatic carbocycles. The molecule has 2 N–H and O–H groups in total. The maximum absolute atomic E-state index is 9.50. The lowest BCUT2D eigenvalue weighted by Gasteiger charge is -2.21. The lowest BCUT2D eigenvalue weighted by atomic mass is 9.99. The molecule has 1 aliphatic carbocycles. The van der Waals surface area contributed by atoms with Gasteiger partial charge in [0.2, 0.25) is 0 Å². The summed E-state index contributed by atoms with van der Waals surface area (Å²) in [5, 5.41) is 13.0. The van der Waals surface area contributed by atoms with E-state index in [4.69, 9.17) is 0 Å². The fourth-order valence-electron chi connectivity index (χ4n) is 2.85. The molecule has 0 heterocycles. The van der Waals surface area contributed by atoms with E-state index >= 15 is 0 Å². The van der Waals surface area contributed by atoms with Gasteiger partial charge in [-0.1, -0.05) is 56.0 Å². The molecule has 0 bridgehead atoms. The van der Waals surface area contributed by atoms with Gasteiger partial charge in [-0.15, -0.1) is 0 Å². The van der Waals surface area contributed by atoms with E-state index < -0.39 is 0 Å². The molecule has 1 aliphatic rings. The number of benzene rings is 1. The number of hydrogen-bond donors (Lipinski definition) is 2. The molecule has 0 amide bonds. The molecule has 100 valence electrons. The van der Waals surface area contributed by atoms with Crippen molar-refractivity contribution in [3.63, 3.8) is 0 Å². The van der Waals surface area contributed by atoms with Crippen LogP contribution >= 0.6 is 0 Å². The van der Waals surface area contributed by atoms with Crippen molar-refractivity contribution in [3.8, 4) is 0 Å². The standard InChI is InChI=1S/C16H25NO/c18-13-16(15-10-6-3-7-11-15)17-12-14-8-4-1-2-5-9-14/h3,6-7,10-11,14,16-18H,1-2,4-5,8-9,12-13H2/t16-/m1/s1. The monoisotopic (exact) mass is 247 g/mol. The van der Waals surface area contributed by atoms with Crippen LogP contribution in [0.3, 0.4) is 0 Å². The van der Waals surface area contributed by atoms with Crippen LogP contribution in [0.4, 0.5) is 0 Å². The molecular weight excluding hydrogens is 222 g/mol. The molecule has 0 radical (unpaired) electrons. The van der Waals surface area contributed by atoms with Gasteiger partial charge < -0.3 is 10.4 Å². The summed E-state index contributed by atoms with van der Waals surface area (Å²) in [5.74, 6) is 0.797. The molecule has 2 rings (SSSR count). The maximum atomic E-state index is 9.50. The highest BCUT2D eigenvalue weighted by Crippen LogP contribution is 2.23. The van der Waals surface area contributed by atoms with Gasteiger partial charge in [-0.2, -0.15) is 0 Å². The molecule has 1 saturated carbocycles. The fraction of sp³-hybridized carbons (Fsp3) is 0.625. The second-order valence-corrected chi connectivity index (χ2v) is 5.41. The first-order chi connectivity index (χ1) is 8.90. The van der Waals surface area contributed by atoms with Crippen LogP contribution < -0.4 is 5.32 Å². The molecule has 0 spiro atoms. The molecule has 1 fully saturated rings. The molecule has 2 heteroatoms. The molecule has 1 atom stereocenters. The fourth-order valence-corrected chi connectivity index (χ4v) is 2.85. The summed E-state index contributed by atoms with van der Waals surface area (Å²) < 4.78 is 0. The highest BCUT2D eigenvalue weighted by Gasteiger charge is 2.15. The van der Waals surface area contributed by atoms with Crippen molar-refractivity contribution >= 4 is 0 Å². The Kier molecular flexibility index (Phi) is 5.69. The summed E-state index contributed by atoms with van der Waals surface area (Å²) >= 11 is 0. The van der Waals surface area contributed by atoms with Crippen LogP contribution in [0.1, 0.15) is 50.1 Å². The van der Waals surface area contributed by atoms with Crippen molar-refractivity contribution in [1.82, 2.24) is 5.32 Å². The van der Waals surface area contributed by atoms with Crippen molar-refractivity contribution in [2.75, 3.05) is 13.2 Å². The van der Waals surface area contributed by atoms with E-state index in [-0.39, 0.29) is 12.6 Å². The van der Waals surface area contributed by atoms with Crippen LogP contribution in [0.5, 0.6) is 0 Å². The molecule has 0 saturated heterocycles. The van der Waals surface area contributed by atoms with Gasteiger partial charge in [-0.3, -0.25) is 0 Å². The Morgan fingerprint density at radius 2 is 1.72 bits per heavy atom. The minimum absolute atomic E-state index is 0.0921. The lowest BCUT2D eigenvalue weighted by molar-refractivity contribution is 0.236. The minimum atomic E-state index is 0.0921. The van der Waals surface area contributed by atoms with E-state index in [0.717, 1.165) is 12.5 Å². The summed E-state index contributed by atoms with van der Waals surface area (Å²) in [7, 11) is 0. The average molecular weight is 247 g/mol. The lowest BCUT2D eigenvalue weighted by Crippen LogP contribution is -2.29. The van der Waals surface area contributed by atoms with Crippen LogP contribution in [0.25, 0.3) is 0 Å². The molecule has 2 nitrogen and oxygen atoms in total. The van der Waals surface area contributed by atoms with Gasteiger partial charge in [0.25, 0.3) is 0 Å². The second-order valence-electron chi connectivity index (χ2n) is 5.41. The van der Waals surface area contributed by atoms with Gasteiger partial charge >= 0.3 is 0 Å². The van der Waals surface area contributed by atoms with Gasteiger partial charge in [0.1, 0.15) is 0 Å². The van der Waals surface area contributed by atoms with Gasteiger partial charge in [0.05, 0.1) is 12.6 Å². The molecular formula is C16H25NO. The summed E-state index contributed by atoms with van der Waals surface area (Å²) in [6.07, 6.45) is 8.25. The minimum Gasteiger partial charge on any atom is -0.394 e. The summed E-state index contributed by atoms with van der Waals surface area (Å²) in [6.45, 7) is 1.22. The zero-order valence-corrected chi connectivity index (χ0v) is 11.1. The zero-order valence-electron chi connectivity index (χ0n) is 11.1. The van der Waals surface area contributed by atoms with Gasteiger partial charge in [0, 0.05) is 0 Å². The van der Waals surface area contributed by atoms with Crippen LogP contribution in [-0.4, -0.2) is 18.3 Å². The normalized spacial score (nSPS) is 19.4. The van der Waals surface area contributed by atoms with Crippen LogP contribution in [0.2, 0.25) is 0 Å². The molecule has 1 aromatic rings. The maximum Gasteiger partial charge on any atom is 0.0626 e. The van der Waals surface area contributed by atoms with Crippen molar-refractivity contribution < 1.29 is 5.11 Å². The van der Waals surface area contributed by atoms with E-state index in [0.29, 0.717) is 0 Å². The third kappa shape index (κ3) is 4.11. The van der Waals surface area contributed by atoms with Crippen molar-refractivity contribution in [2.45, 2.75) is 44.6 Å². The summed E-state index contributed by atoms with van der Waals surface area (Å²) in [5.41, 5.74) is 1.19. The van der Waals surface area contributed by atoms with Gasteiger partial charge in [-0.05, 0) is 30.9 Å². The van der Waals surface area contributed by atoms with E-state index in [1.807, 2.05) is 18.2 Å². The Morgan fingerprint density at radius 1 is 1.06 bits per heavy atom. The van der Waals surface area contributed by atoms with E-state index in [1.54, 1.807) is 0 Å². The number of aliphatic hydroxyl groups excluding tert-OH is 1. The Labute approximate surface area is 110 Å². The van der Waals surface area contributed by atoms with Crippen LogP contribution in [0, 0.1) is 5.92 Å². The Bertz CT molecular complexity index is 317. The summed E-state index contributed by atoms with van der Waals surface area (Å²) in [6, 6.07) is 10.3. The molecule has 0 aromatic heterocycles. The molecule has 18 heavy (non-hydrogen) atoms. The highest BCUT2D eigenvalue weighted by atomic mass is 16.3. The third-order valence-electron chi connectivity index (χ3n) is 4.01. The second kappa shape index (κ2) is 7.55. The molecule has 0 aliphatic heterocycles. The van der Waals surface area contributed by atoms with Crippen molar-refractivity contribution in [2.24, 2.45) is 5.92 Å². The van der Waals surface area contributed by atoms with E-state index in [1.165, 1.54) is 44.1 Å². The van der Waals surface area contributed by atoms with Gasteiger partial charge in [-0.25, -0.2) is 0 Å². The predicted molar refractivity (Wildman–Crippen MR) is 75.5 cm³/mol. The first-order valence-electron chi connectivity index (χ1n) is 7.29. The van der Waals surface area contributed by atoms with Gasteiger partial charge in [0.15, 0.2) is 0 Å². The number of aliphatic hydroxyl groups is 1. The van der Waals surface area contributed by atoms with Crippen LogP contribution in [0.15, 0.2) is 30.3 Å². The topological polar surface area (TPSA) is 32.3 Å². The van der Waals surface area contributed by atoms with E-state index in [2.05, 4.69) is 17.4 Å². The first kappa shape index (κ1) is 13.6. The van der Waals surface area contributed by atoms with E-state index in [9.17, 15) is 5.11 Å². The summed E-state index contributed by atoms with van der Waals surface area (Å²) in [4.78, 5) is 0. The first-order valence-corrected chi connectivity index (χ1v) is 7.29. The number of hydrogen-bond acceptors (Lipinski definition) is 2. The zero-order chi connectivity index (χ0) is 12.6. The quantitative estimate of drug-likeness (QED) is 0.783. The van der Waals surface area contributed by atoms with Crippen molar-refractivity contribution in [1.29, 1.82) is 0 Å². The largest absolute Gasteiger partial charge is 0.394 e. The predicted octanol–water partition coefficient (Wildman–Crippen LogP) is 3.28. The Morgan fingerprint density at radius 3 is 2.33 bits per heavy atom. The smallest absolute Gasteiger partial charge is 0.0626 e. The third-order valence-corrected chi connectivity index (χ3v) is 4.01. The molecule has 0 unspecified atom stereocenters. The van der Waals surface area contributed by atoms with Crippen LogP contribution in [-0.2, 0) is 0 Å². The highest BCUT2D eigenvalue weighted by molar-refractivity contribution is 5.18.